The maximum absolute atomic E-state index is 11.3. The van der Waals surface area contributed by atoms with E-state index in [1.807, 2.05) is 32.0 Å². The van der Waals surface area contributed by atoms with E-state index in [1.54, 1.807) is 0 Å². The number of nitrogens with zero attached hydrogens (tertiary/aromatic N) is 2. The number of fused-ring (bicyclic) bond motifs is 1. The summed E-state index contributed by atoms with van der Waals surface area (Å²) in [6.07, 6.45) is 0. The molecule has 0 radical (unpaired) electrons. The third kappa shape index (κ3) is 2.56. The second-order valence-electron chi connectivity index (χ2n) is 5.01. The third-order valence-corrected chi connectivity index (χ3v) is 5.61. The van der Waals surface area contributed by atoms with Crippen LogP contribution >= 0.6 is 11.3 Å². The van der Waals surface area contributed by atoms with E-state index in [4.69, 9.17) is 5.73 Å². The zero-order valence-electron chi connectivity index (χ0n) is 11.9. The van der Waals surface area contributed by atoms with E-state index in [0.717, 1.165) is 28.0 Å². The summed E-state index contributed by atoms with van der Waals surface area (Å²) >= 11 is 0.867. The van der Waals surface area contributed by atoms with E-state index in [1.165, 1.54) is 6.07 Å². The molecule has 22 heavy (non-hydrogen) atoms. The Balaban J connectivity index is 2.35. The van der Waals surface area contributed by atoms with Crippen molar-refractivity contribution in [3.8, 4) is 11.3 Å². The van der Waals surface area contributed by atoms with Crippen LogP contribution in [0.25, 0.3) is 21.5 Å². The SMILES string of the molecule is Cc1ccc(-c2nc(N)nc3sc(S(=O)(=O)O)cc23)c(C)c1. The van der Waals surface area contributed by atoms with Crippen molar-refractivity contribution in [3.05, 3.63) is 35.4 Å². The van der Waals surface area contributed by atoms with Gasteiger partial charge in [-0.05, 0) is 25.5 Å². The number of benzene rings is 1. The fourth-order valence-corrected chi connectivity index (χ4v) is 4.02. The van der Waals surface area contributed by atoms with Gasteiger partial charge in [0.1, 0.15) is 9.04 Å². The van der Waals surface area contributed by atoms with Gasteiger partial charge >= 0.3 is 10.1 Å². The summed E-state index contributed by atoms with van der Waals surface area (Å²) in [6, 6.07) is 7.25. The van der Waals surface area contributed by atoms with Gasteiger partial charge < -0.3 is 5.73 Å². The number of hydrogen-bond acceptors (Lipinski definition) is 6. The summed E-state index contributed by atoms with van der Waals surface area (Å²) in [5.74, 6) is 0.0613. The highest BCUT2D eigenvalue weighted by Gasteiger charge is 2.19. The number of aromatic nitrogens is 2. The molecule has 3 rings (SSSR count). The summed E-state index contributed by atoms with van der Waals surface area (Å²) in [4.78, 5) is 8.73. The van der Waals surface area contributed by atoms with Gasteiger partial charge in [-0.15, -0.1) is 11.3 Å². The molecule has 0 aliphatic heterocycles. The average molecular weight is 335 g/mol. The lowest BCUT2D eigenvalue weighted by molar-refractivity contribution is 0.485. The first-order chi connectivity index (χ1) is 10.3. The van der Waals surface area contributed by atoms with Gasteiger partial charge in [0.15, 0.2) is 0 Å². The van der Waals surface area contributed by atoms with Crippen molar-refractivity contribution >= 4 is 37.6 Å². The molecular weight excluding hydrogens is 322 g/mol. The van der Waals surface area contributed by atoms with Crippen LogP contribution in [-0.4, -0.2) is 22.9 Å². The largest absolute Gasteiger partial charge is 0.368 e. The van der Waals surface area contributed by atoms with Gasteiger partial charge in [-0.25, -0.2) is 9.97 Å². The first kappa shape index (κ1) is 14.9. The lowest BCUT2D eigenvalue weighted by atomic mass is 10.0. The molecule has 0 saturated heterocycles. The minimum absolute atomic E-state index is 0.0613. The lowest BCUT2D eigenvalue weighted by Crippen LogP contribution is -1.97. The maximum Gasteiger partial charge on any atom is 0.304 e. The molecule has 0 saturated carbocycles. The summed E-state index contributed by atoms with van der Waals surface area (Å²) in [7, 11) is -4.28. The van der Waals surface area contributed by atoms with Gasteiger partial charge in [-0.1, -0.05) is 23.8 Å². The van der Waals surface area contributed by atoms with Gasteiger partial charge in [-0.2, -0.15) is 8.42 Å². The molecule has 0 aliphatic rings. The van der Waals surface area contributed by atoms with Crippen LogP contribution in [0.4, 0.5) is 5.95 Å². The number of nitrogen functional groups attached to an aromatic ring is 1. The minimum Gasteiger partial charge on any atom is -0.368 e. The molecule has 2 heterocycles. The van der Waals surface area contributed by atoms with Gasteiger partial charge in [0.05, 0.1) is 5.69 Å². The van der Waals surface area contributed by atoms with Gasteiger partial charge in [0, 0.05) is 10.9 Å². The Labute approximate surface area is 131 Å². The first-order valence-corrected chi connectivity index (χ1v) is 8.63. The molecule has 8 heteroatoms. The maximum atomic E-state index is 11.3. The van der Waals surface area contributed by atoms with E-state index in [2.05, 4.69) is 9.97 Å². The topological polar surface area (TPSA) is 106 Å². The molecule has 1 aromatic carbocycles. The zero-order chi connectivity index (χ0) is 16.1. The molecule has 0 bridgehead atoms. The molecule has 0 spiro atoms. The predicted molar refractivity (Wildman–Crippen MR) is 86.6 cm³/mol. The minimum atomic E-state index is -4.28. The molecule has 0 aliphatic carbocycles. The van der Waals surface area contributed by atoms with Crippen LogP contribution < -0.4 is 5.73 Å². The number of nitrogens with two attached hydrogens (primary N) is 1. The van der Waals surface area contributed by atoms with Gasteiger partial charge in [-0.3, -0.25) is 4.55 Å². The van der Waals surface area contributed by atoms with E-state index >= 15 is 0 Å². The fraction of sp³-hybridized carbons (Fsp3) is 0.143. The van der Waals surface area contributed by atoms with Gasteiger partial charge in [0.25, 0.3) is 0 Å². The van der Waals surface area contributed by atoms with E-state index in [9.17, 15) is 13.0 Å². The molecule has 3 aromatic rings. The smallest absolute Gasteiger partial charge is 0.304 e. The van der Waals surface area contributed by atoms with Crippen molar-refractivity contribution in [3.63, 3.8) is 0 Å². The molecular formula is C14H13N3O3S2. The number of anilines is 1. The van der Waals surface area contributed by atoms with Crippen LogP contribution in [0.1, 0.15) is 11.1 Å². The second kappa shape index (κ2) is 5.01. The number of thiophene rings is 1. The average Bonchev–Trinajstić information content (AvgIpc) is 2.81. The summed E-state index contributed by atoms with van der Waals surface area (Å²) in [5, 5.41) is 0.554. The molecule has 3 N–H and O–H groups in total. The van der Waals surface area contributed by atoms with Crippen LogP contribution in [0.3, 0.4) is 0 Å². The fourth-order valence-electron chi connectivity index (χ4n) is 2.33. The Morgan fingerprint density at radius 3 is 2.55 bits per heavy atom. The molecule has 114 valence electrons. The highest BCUT2D eigenvalue weighted by molar-refractivity contribution is 7.88. The molecule has 2 aromatic heterocycles. The molecule has 0 atom stereocenters. The van der Waals surface area contributed by atoms with Crippen molar-refractivity contribution in [1.82, 2.24) is 9.97 Å². The van der Waals surface area contributed by atoms with Crippen molar-refractivity contribution in [2.45, 2.75) is 18.1 Å². The Kier molecular flexibility index (Phi) is 3.39. The van der Waals surface area contributed by atoms with Crippen molar-refractivity contribution in [2.75, 3.05) is 5.73 Å². The second-order valence-corrected chi connectivity index (χ2v) is 7.69. The number of aryl methyl sites for hydroxylation is 2. The van der Waals surface area contributed by atoms with E-state index < -0.39 is 10.1 Å². The van der Waals surface area contributed by atoms with Crippen molar-refractivity contribution in [1.29, 1.82) is 0 Å². The predicted octanol–water partition coefficient (Wildman–Crippen LogP) is 2.80. The highest BCUT2D eigenvalue weighted by Crippen LogP contribution is 2.35. The monoisotopic (exact) mass is 335 g/mol. The van der Waals surface area contributed by atoms with E-state index in [-0.39, 0.29) is 10.2 Å². The summed E-state index contributed by atoms with van der Waals surface area (Å²) < 4.78 is 31.7. The number of rotatable bonds is 2. The summed E-state index contributed by atoms with van der Waals surface area (Å²) in [5.41, 5.74) is 9.26. The molecule has 0 unspecified atom stereocenters. The summed E-state index contributed by atoms with van der Waals surface area (Å²) in [6.45, 7) is 3.93. The quantitative estimate of drug-likeness (QED) is 0.698. The van der Waals surface area contributed by atoms with Crippen LogP contribution in [0.5, 0.6) is 0 Å². The zero-order valence-corrected chi connectivity index (χ0v) is 13.5. The molecule has 0 fully saturated rings. The Hall–Kier alpha value is -2.03. The molecule has 0 amide bonds. The Bertz CT molecular complexity index is 994. The third-order valence-electron chi connectivity index (χ3n) is 3.28. The van der Waals surface area contributed by atoms with Crippen LogP contribution in [0, 0.1) is 13.8 Å². The van der Waals surface area contributed by atoms with Crippen LogP contribution in [0.2, 0.25) is 0 Å². The Morgan fingerprint density at radius 2 is 1.91 bits per heavy atom. The van der Waals surface area contributed by atoms with Gasteiger partial charge in [0.2, 0.25) is 5.95 Å². The Morgan fingerprint density at radius 1 is 1.18 bits per heavy atom. The van der Waals surface area contributed by atoms with Crippen molar-refractivity contribution in [2.24, 2.45) is 0 Å². The van der Waals surface area contributed by atoms with Crippen molar-refractivity contribution < 1.29 is 13.0 Å². The van der Waals surface area contributed by atoms with E-state index in [0.29, 0.717) is 15.9 Å². The highest BCUT2D eigenvalue weighted by atomic mass is 32.3. The normalized spacial score (nSPS) is 12.0. The van der Waals surface area contributed by atoms with Crippen LogP contribution in [-0.2, 0) is 10.1 Å². The van der Waals surface area contributed by atoms with Crippen LogP contribution in [0.15, 0.2) is 28.5 Å². The number of hydrogen-bond donors (Lipinski definition) is 2. The first-order valence-electron chi connectivity index (χ1n) is 6.38. The standard InChI is InChI=1S/C14H13N3O3S2/c1-7-3-4-9(8(2)5-7)12-10-6-11(22(18,19)20)21-13(10)17-14(15)16-12/h3-6H,1-2H3,(H2,15,16,17)(H,18,19,20). The lowest BCUT2D eigenvalue weighted by Gasteiger charge is -2.08. The molecule has 6 nitrogen and oxygen atoms in total.